The Labute approximate surface area is 330 Å². The number of benzene rings is 4. The summed E-state index contributed by atoms with van der Waals surface area (Å²) in [6, 6.07) is 40.3. The third kappa shape index (κ3) is 11.8. The van der Waals surface area contributed by atoms with Gasteiger partial charge in [0.1, 0.15) is 0 Å². The average molecular weight is 812 g/mol. The Kier molecular flexibility index (Phi) is 17.1. The van der Waals surface area contributed by atoms with E-state index in [2.05, 4.69) is 175 Å². The van der Waals surface area contributed by atoms with Gasteiger partial charge in [0.2, 0.25) is 0 Å². The zero-order valence-electron chi connectivity index (χ0n) is 31.6. The second-order valence-electron chi connectivity index (χ2n) is 14.4. The van der Waals surface area contributed by atoms with Crippen LogP contribution < -0.4 is 10.5 Å². The normalized spacial score (nSPS) is 10.7. The monoisotopic (exact) mass is 809 g/mol. The topological polar surface area (TPSA) is 58.2 Å². The number of hydrogen-bond donors (Lipinski definition) is 2. The van der Waals surface area contributed by atoms with Crippen LogP contribution in [-0.2, 0) is 54.1 Å². The summed E-state index contributed by atoms with van der Waals surface area (Å²) in [4.78, 5) is 18.8. The van der Waals surface area contributed by atoms with Gasteiger partial charge in [-0.1, -0.05) is 127 Å². The average Bonchev–Trinajstić information content (AvgIpc) is 3.79. The van der Waals surface area contributed by atoms with Crippen LogP contribution in [0.5, 0.6) is 0 Å². The van der Waals surface area contributed by atoms with Crippen molar-refractivity contribution in [2.75, 3.05) is 0 Å². The summed E-state index contributed by atoms with van der Waals surface area (Å²) < 4.78 is 0. The van der Waals surface area contributed by atoms with E-state index >= 15 is 0 Å². The van der Waals surface area contributed by atoms with Crippen molar-refractivity contribution in [3.8, 4) is 22.3 Å². The van der Waals surface area contributed by atoms with Crippen LogP contribution in [0, 0.1) is 0 Å². The third-order valence-corrected chi connectivity index (χ3v) is 8.91. The van der Waals surface area contributed by atoms with Crippen LogP contribution in [0.3, 0.4) is 0 Å². The molecule has 269 valence electrons. The first kappa shape index (κ1) is 43.0. The maximum atomic E-state index is 9.38. The summed E-state index contributed by atoms with van der Waals surface area (Å²) in [5.41, 5.74) is 11.5. The molecule has 0 unspecified atom stereocenters. The molecule has 0 fully saturated rings. The molecule has 0 spiro atoms. The number of hydrogen-bond acceptors (Lipinski definition) is 2. The molecule has 0 aliphatic heterocycles. The molecular formula is C44H50BCl2N2O2Zr. The first-order chi connectivity index (χ1) is 24.8. The van der Waals surface area contributed by atoms with E-state index in [0.29, 0.717) is 12.8 Å². The molecular weight excluding hydrogens is 761 g/mol. The van der Waals surface area contributed by atoms with Gasteiger partial charge in [0.15, 0.2) is 12.8 Å². The van der Waals surface area contributed by atoms with Gasteiger partial charge in [-0.2, -0.15) is 12.1 Å². The molecule has 6 aromatic rings. The van der Waals surface area contributed by atoms with Crippen LogP contribution in [-0.4, -0.2) is 20.4 Å². The quantitative estimate of drug-likeness (QED) is 0.0696. The predicted octanol–water partition coefficient (Wildman–Crippen LogP) is 11.6. The predicted molar refractivity (Wildman–Crippen MR) is 222 cm³/mol. The van der Waals surface area contributed by atoms with Crippen LogP contribution >= 0.6 is 17.0 Å². The molecule has 4 nitrogen and oxygen atoms in total. The van der Waals surface area contributed by atoms with Crippen molar-refractivity contribution in [2.45, 2.75) is 79.1 Å². The molecule has 8 heteroatoms. The number of fused-ring (bicyclic) bond motifs is 2. The number of nitrogens with one attached hydrogen (secondary N) is 2. The van der Waals surface area contributed by atoms with Gasteiger partial charge < -0.3 is 10.5 Å². The number of aryl methyl sites for hydroxylation is 2. The van der Waals surface area contributed by atoms with Crippen LogP contribution in [0.25, 0.3) is 43.8 Å². The number of rotatable bonds is 8. The molecule has 0 aliphatic carbocycles. The number of amides is 2. The molecule has 52 heavy (non-hydrogen) atoms. The summed E-state index contributed by atoms with van der Waals surface area (Å²) >= 11 is -0.826. The van der Waals surface area contributed by atoms with E-state index in [-0.39, 0.29) is 10.8 Å². The van der Waals surface area contributed by atoms with Gasteiger partial charge in [0, 0.05) is 0 Å². The fourth-order valence-electron chi connectivity index (χ4n) is 6.10. The van der Waals surface area contributed by atoms with Crippen LogP contribution in [0.1, 0.15) is 77.6 Å². The van der Waals surface area contributed by atoms with Crippen LogP contribution in [0.2, 0.25) is 0 Å². The molecule has 0 saturated heterocycles. The molecule has 0 bridgehead atoms. The van der Waals surface area contributed by atoms with E-state index in [9.17, 15) is 9.59 Å². The Morgan fingerprint density at radius 2 is 0.942 bits per heavy atom. The van der Waals surface area contributed by atoms with Crippen molar-refractivity contribution in [1.82, 2.24) is 10.5 Å². The molecule has 0 aromatic heterocycles. The molecule has 2 amide bonds. The Bertz CT molecular complexity index is 1880. The minimum absolute atomic E-state index is 0.195. The van der Waals surface area contributed by atoms with Crippen LogP contribution in [0.15, 0.2) is 109 Å². The van der Waals surface area contributed by atoms with E-state index < -0.39 is 20.8 Å². The van der Waals surface area contributed by atoms with Crippen molar-refractivity contribution < 1.29 is 30.4 Å². The van der Waals surface area contributed by atoms with Gasteiger partial charge in [-0.3, -0.25) is 9.59 Å². The van der Waals surface area contributed by atoms with Crippen LogP contribution in [0.4, 0.5) is 0 Å². The number of carbonyl (C=O) groups excluding carboxylic acids is 2. The Morgan fingerprint density at radius 1 is 0.596 bits per heavy atom. The molecule has 2 N–H and O–H groups in total. The van der Waals surface area contributed by atoms with Gasteiger partial charge in [-0.05, 0) is 45.9 Å². The molecule has 0 atom stereocenters. The summed E-state index contributed by atoms with van der Waals surface area (Å²) in [7, 11) is 11.0. The van der Waals surface area contributed by atoms with Gasteiger partial charge >= 0.3 is 45.4 Å². The first-order valence-corrected chi connectivity index (χ1v) is 23.9. The third-order valence-electron chi connectivity index (χ3n) is 8.91. The summed E-state index contributed by atoms with van der Waals surface area (Å²) in [6.07, 6.45) is 3.05. The first-order valence-electron chi connectivity index (χ1n) is 17.6. The van der Waals surface area contributed by atoms with E-state index in [0.717, 1.165) is 20.4 Å². The van der Waals surface area contributed by atoms with Crippen molar-refractivity contribution in [3.63, 3.8) is 0 Å². The molecule has 1 radical (unpaired) electrons. The SMILES string of the molecule is CCc1ccccc1-c1cccc2[cH-]c(C(C)(C)C)cc12.CCc1ccccc1-c1cccc2[cH-]c(C(C)(C)C)cc12.O=CN[B]NC=O.[Cl][Zr+2][Cl]. The molecule has 6 rings (SSSR count). The zero-order chi connectivity index (χ0) is 38.3. The van der Waals surface area contributed by atoms with E-state index in [1.54, 1.807) is 0 Å². The molecule has 0 saturated carbocycles. The van der Waals surface area contributed by atoms with E-state index in [1.807, 2.05) is 0 Å². The van der Waals surface area contributed by atoms with E-state index in [4.69, 9.17) is 17.0 Å². The summed E-state index contributed by atoms with van der Waals surface area (Å²) in [6.45, 7) is 18.1. The standard InChI is InChI=1S/2C21H23.C2H4BN2O2.2ClH.Zr/c2*1-5-15-9-6-7-11-18(15)19-12-8-10-16-13-17(14-20(16)19)21(2,3)4;6-1-4-3-5-2-7;;;/h2*6-14H,5H2,1-4H3;1-2H,(H,4,6)(H,5,7);2*1H;/q2*-1;;;;+4/p-2. The van der Waals surface area contributed by atoms with Gasteiger partial charge in [-0.25, -0.2) is 0 Å². The van der Waals surface area contributed by atoms with Gasteiger partial charge in [0.25, 0.3) is 0 Å². The van der Waals surface area contributed by atoms with Crippen molar-refractivity contribution in [1.29, 1.82) is 0 Å². The molecule has 0 aliphatic rings. The fraction of sp³-hybridized carbons (Fsp3) is 0.273. The maximum absolute atomic E-state index is 9.38. The van der Waals surface area contributed by atoms with E-state index in [1.165, 1.54) is 66.1 Å². The van der Waals surface area contributed by atoms with Crippen molar-refractivity contribution in [3.05, 3.63) is 131 Å². The Hall–Kier alpha value is -3.43. The summed E-state index contributed by atoms with van der Waals surface area (Å²) in [5.74, 6) is 0. The van der Waals surface area contributed by atoms with Crippen molar-refractivity contribution >= 4 is 58.9 Å². The second kappa shape index (κ2) is 20.7. The number of carbonyl (C=O) groups is 2. The summed E-state index contributed by atoms with van der Waals surface area (Å²) in [5, 5.41) is 9.66. The fourth-order valence-corrected chi connectivity index (χ4v) is 6.10. The van der Waals surface area contributed by atoms with Gasteiger partial charge in [-0.15, -0.1) is 69.1 Å². The van der Waals surface area contributed by atoms with Crippen molar-refractivity contribution in [2.24, 2.45) is 0 Å². The minimum atomic E-state index is -0.826. The Morgan fingerprint density at radius 3 is 1.27 bits per heavy atom. The van der Waals surface area contributed by atoms with Gasteiger partial charge in [0.05, 0.1) is 0 Å². The second-order valence-corrected chi connectivity index (χ2v) is 18.1. The molecule has 6 aromatic carbocycles. The molecule has 0 heterocycles. The zero-order valence-corrected chi connectivity index (χ0v) is 35.6. The number of halogens is 2. The Balaban J connectivity index is 0.000000224.